The number of piperidine rings is 1. The van der Waals surface area contributed by atoms with Gasteiger partial charge >= 0.3 is 0 Å². The molecule has 1 saturated heterocycles. The Bertz CT molecular complexity index is 1560. The first-order valence-electron chi connectivity index (χ1n) is 13.7. The zero-order chi connectivity index (χ0) is 29.1. The van der Waals surface area contributed by atoms with Crippen molar-refractivity contribution in [2.75, 3.05) is 28.6 Å². The molecule has 0 unspecified atom stereocenters. The summed E-state index contributed by atoms with van der Waals surface area (Å²) in [5, 5.41) is 15.5. The lowest BCUT2D eigenvalue weighted by Gasteiger charge is -2.31. The fourth-order valence-corrected chi connectivity index (χ4v) is 5.01. The van der Waals surface area contributed by atoms with E-state index in [-0.39, 0.29) is 23.7 Å². The Morgan fingerprint density at radius 1 is 0.732 bits per heavy atom. The van der Waals surface area contributed by atoms with Crippen LogP contribution in [0.4, 0.5) is 17.1 Å². The lowest BCUT2D eigenvalue weighted by Crippen LogP contribution is -2.35. The monoisotopic (exact) mass is 550 g/mol. The summed E-state index contributed by atoms with van der Waals surface area (Å²) >= 11 is 0. The Kier molecular flexibility index (Phi) is 8.03. The van der Waals surface area contributed by atoms with Gasteiger partial charge in [-0.2, -0.15) is 0 Å². The van der Waals surface area contributed by atoms with Gasteiger partial charge in [-0.05, 0) is 106 Å². The first-order valence-corrected chi connectivity index (χ1v) is 13.7. The van der Waals surface area contributed by atoms with Crippen molar-refractivity contribution in [3.05, 3.63) is 113 Å². The van der Waals surface area contributed by atoms with E-state index in [0.29, 0.717) is 33.6 Å². The van der Waals surface area contributed by atoms with E-state index in [1.807, 2.05) is 43.7 Å². The summed E-state index contributed by atoms with van der Waals surface area (Å²) in [6, 6.07) is 22.9. The van der Waals surface area contributed by atoms with Gasteiger partial charge in [0.1, 0.15) is 0 Å². The number of anilines is 3. The third-order valence-electron chi connectivity index (χ3n) is 7.79. The number of aromatic nitrogens is 1. The average Bonchev–Trinajstić information content (AvgIpc) is 3.25. The second-order valence-corrected chi connectivity index (χ2v) is 10.5. The molecule has 2 heterocycles. The summed E-state index contributed by atoms with van der Waals surface area (Å²) in [7, 11) is 1.92. The predicted molar refractivity (Wildman–Crippen MR) is 161 cm³/mol. The fourth-order valence-electron chi connectivity index (χ4n) is 5.01. The van der Waals surface area contributed by atoms with Crippen LogP contribution < -0.4 is 15.5 Å². The van der Waals surface area contributed by atoms with Crippen molar-refractivity contribution in [3.8, 4) is 0 Å². The van der Waals surface area contributed by atoms with Crippen molar-refractivity contribution in [2.45, 2.75) is 32.8 Å². The Morgan fingerprint density at radius 3 is 1.71 bits per heavy atom. The highest BCUT2D eigenvalue weighted by molar-refractivity contribution is 6.10. The number of aryl methyl sites for hydroxylation is 1. The van der Waals surface area contributed by atoms with Crippen LogP contribution in [0.2, 0.25) is 0 Å². The molecule has 210 valence electrons. The van der Waals surface area contributed by atoms with Crippen molar-refractivity contribution in [1.29, 1.82) is 0 Å². The summed E-state index contributed by atoms with van der Waals surface area (Å²) in [5.41, 5.74) is 6.26. The molecule has 0 aliphatic carbocycles. The Morgan fingerprint density at radius 2 is 1.22 bits per heavy atom. The van der Waals surface area contributed by atoms with E-state index in [2.05, 4.69) is 15.5 Å². The number of nitrogens with one attached hydrogen (secondary N) is 2. The van der Waals surface area contributed by atoms with Gasteiger partial charge in [-0.15, -0.1) is 0 Å². The van der Waals surface area contributed by atoms with Gasteiger partial charge in [-0.25, -0.2) is 0 Å². The molecule has 3 aromatic carbocycles. The van der Waals surface area contributed by atoms with Gasteiger partial charge in [0.15, 0.2) is 5.78 Å². The van der Waals surface area contributed by atoms with Crippen LogP contribution in [-0.4, -0.2) is 46.5 Å². The maximum atomic E-state index is 13.0. The molecule has 1 aliphatic rings. The van der Waals surface area contributed by atoms with E-state index < -0.39 is 0 Å². The number of ketones is 1. The SMILES string of the molecule is Cc1cc(C(=O)Nc2ccc(C(=O)c3ccc(NC(=O)c4ccc(N5CCC(O)CC5)cc4)cc3)cc2)c(C)n1C. The van der Waals surface area contributed by atoms with Gasteiger partial charge in [0.2, 0.25) is 0 Å². The number of hydrogen-bond acceptors (Lipinski definition) is 5. The van der Waals surface area contributed by atoms with E-state index >= 15 is 0 Å². The number of aliphatic hydroxyl groups is 1. The topological polar surface area (TPSA) is 104 Å². The summed E-state index contributed by atoms with van der Waals surface area (Å²) in [4.78, 5) is 40.7. The quantitative estimate of drug-likeness (QED) is 0.270. The number of carbonyl (C=O) groups is 3. The third kappa shape index (κ3) is 6.23. The smallest absolute Gasteiger partial charge is 0.257 e. The highest BCUT2D eigenvalue weighted by atomic mass is 16.3. The number of aliphatic hydroxyl groups excluding tert-OH is 1. The number of benzene rings is 3. The van der Waals surface area contributed by atoms with Crippen LogP contribution in [0.3, 0.4) is 0 Å². The Balaban J connectivity index is 1.17. The molecule has 41 heavy (non-hydrogen) atoms. The van der Waals surface area contributed by atoms with Crippen molar-refractivity contribution in [2.24, 2.45) is 7.05 Å². The Labute approximate surface area is 239 Å². The second kappa shape index (κ2) is 11.8. The molecule has 4 aromatic rings. The van der Waals surface area contributed by atoms with E-state index in [0.717, 1.165) is 43.0 Å². The van der Waals surface area contributed by atoms with Gasteiger partial charge < -0.3 is 25.2 Å². The molecule has 1 fully saturated rings. The molecule has 1 aromatic heterocycles. The Hall–Kier alpha value is -4.69. The minimum absolute atomic E-state index is 0.156. The van der Waals surface area contributed by atoms with Crippen LogP contribution in [-0.2, 0) is 7.05 Å². The first-order chi connectivity index (χ1) is 19.7. The minimum Gasteiger partial charge on any atom is -0.393 e. The van der Waals surface area contributed by atoms with Crippen molar-refractivity contribution in [3.63, 3.8) is 0 Å². The molecule has 0 radical (unpaired) electrons. The number of carbonyl (C=O) groups excluding carboxylic acids is 3. The average molecular weight is 551 g/mol. The maximum Gasteiger partial charge on any atom is 0.257 e. The van der Waals surface area contributed by atoms with E-state index in [1.165, 1.54) is 0 Å². The lowest BCUT2D eigenvalue weighted by atomic mass is 10.0. The normalized spacial score (nSPS) is 13.6. The summed E-state index contributed by atoms with van der Waals surface area (Å²) < 4.78 is 1.97. The number of amides is 2. The predicted octanol–water partition coefficient (Wildman–Crippen LogP) is 5.34. The van der Waals surface area contributed by atoms with Crippen molar-refractivity contribution < 1.29 is 19.5 Å². The van der Waals surface area contributed by atoms with E-state index in [4.69, 9.17) is 0 Å². The number of nitrogens with zero attached hydrogens (tertiary/aromatic N) is 2. The van der Waals surface area contributed by atoms with Crippen molar-refractivity contribution in [1.82, 2.24) is 4.57 Å². The largest absolute Gasteiger partial charge is 0.393 e. The van der Waals surface area contributed by atoms with Crippen LogP contribution >= 0.6 is 0 Å². The van der Waals surface area contributed by atoms with Crippen LogP contribution in [0.25, 0.3) is 0 Å². The van der Waals surface area contributed by atoms with E-state index in [1.54, 1.807) is 60.7 Å². The summed E-state index contributed by atoms with van der Waals surface area (Å²) in [6.07, 6.45) is 1.27. The van der Waals surface area contributed by atoms with Crippen molar-refractivity contribution >= 4 is 34.7 Å². The van der Waals surface area contributed by atoms with Gasteiger partial charge in [-0.1, -0.05) is 0 Å². The van der Waals surface area contributed by atoms with Gasteiger partial charge in [0.05, 0.1) is 11.7 Å². The zero-order valence-corrected chi connectivity index (χ0v) is 23.5. The molecule has 0 bridgehead atoms. The van der Waals surface area contributed by atoms with E-state index in [9.17, 15) is 19.5 Å². The van der Waals surface area contributed by atoms with Gasteiger partial charge in [-0.3, -0.25) is 14.4 Å². The number of hydrogen-bond donors (Lipinski definition) is 3. The van der Waals surface area contributed by atoms with Gasteiger partial charge in [0.25, 0.3) is 11.8 Å². The van der Waals surface area contributed by atoms with Crippen LogP contribution in [0.1, 0.15) is 60.9 Å². The fraction of sp³-hybridized carbons (Fsp3) is 0.242. The lowest BCUT2D eigenvalue weighted by molar-refractivity contribution is 0.101. The summed E-state index contributed by atoms with van der Waals surface area (Å²) in [6.45, 7) is 5.45. The maximum absolute atomic E-state index is 13.0. The molecule has 0 saturated carbocycles. The zero-order valence-electron chi connectivity index (χ0n) is 23.5. The molecular formula is C33H34N4O4. The highest BCUT2D eigenvalue weighted by Gasteiger charge is 2.18. The standard InChI is InChI=1S/C33H34N4O4/c1-21-20-30(22(2)36(21)3)33(41)35-27-12-6-24(7-13-27)31(39)23-4-10-26(11-5-23)34-32(40)25-8-14-28(15-9-25)37-18-16-29(38)17-19-37/h4-15,20,29,38H,16-19H2,1-3H3,(H,34,40)(H,35,41). The first kappa shape index (κ1) is 27.9. The van der Waals surface area contributed by atoms with Crippen LogP contribution in [0, 0.1) is 13.8 Å². The minimum atomic E-state index is -0.233. The molecule has 2 amide bonds. The van der Waals surface area contributed by atoms with Crippen LogP contribution in [0.5, 0.6) is 0 Å². The van der Waals surface area contributed by atoms with Crippen LogP contribution in [0.15, 0.2) is 78.9 Å². The molecule has 3 N–H and O–H groups in total. The molecular weight excluding hydrogens is 516 g/mol. The highest BCUT2D eigenvalue weighted by Crippen LogP contribution is 2.22. The second-order valence-electron chi connectivity index (χ2n) is 10.5. The van der Waals surface area contributed by atoms with Gasteiger partial charge in [0, 0.05) is 65.3 Å². The molecule has 8 nitrogen and oxygen atoms in total. The molecule has 8 heteroatoms. The molecule has 5 rings (SSSR count). The molecule has 1 aliphatic heterocycles. The third-order valence-corrected chi connectivity index (χ3v) is 7.79. The molecule has 0 spiro atoms. The summed E-state index contributed by atoms with van der Waals surface area (Å²) in [5.74, 6) is -0.583. The number of rotatable bonds is 7. The molecule has 0 atom stereocenters.